The first-order valence-corrected chi connectivity index (χ1v) is 4.82. The Morgan fingerprint density at radius 2 is 1.59 bits per heavy atom. The van der Waals surface area contributed by atoms with Crippen molar-refractivity contribution in [1.82, 2.24) is 4.98 Å². The highest BCUT2D eigenvalue weighted by Gasteiger charge is 2.04. The topological polar surface area (TPSA) is 22.1 Å². The summed E-state index contributed by atoms with van der Waals surface area (Å²) in [7, 11) is 0. The largest absolute Gasteiger partial charge is 0.435 e. The fraction of sp³-hybridized carbons (Fsp3) is 0.0833. The van der Waals surface area contributed by atoms with Crippen molar-refractivity contribution < 1.29 is 17.9 Å². The second-order valence-electron chi connectivity index (χ2n) is 3.27. The lowest BCUT2D eigenvalue weighted by atomic mass is 10.1. The molecule has 0 saturated carbocycles. The molecule has 1 aromatic carbocycles. The molecule has 0 amide bonds. The molecule has 0 aliphatic heterocycles. The monoisotopic (exact) mass is 239 g/mol. The molecule has 0 bridgehead atoms. The van der Waals surface area contributed by atoms with Crippen molar-refractivity contribution in [2.75, 3.05) is 0 Å². The molecule has 2 nitrogen and oxygen atoms in total. The summed E-state index contributed by atoms with van der Waals surface area (Å²) in [5.74, 6) is -0.481. The Kier molecular flexibility index (Phi) is 3.27. The third-order valence-electron chi connectivity index (χ3n) is 2.14. The van der Waals surface area contributed by atoms with Gasteiger partial charge in [-0.3, -0.25) is 0 Å². The van der Waals surface area contributed by atoms with Crippen LogP contribution in [-0.4, -0.2) is 11.6 Å². The molecule has 88 valence electrons. The van der Waals surface area contributed by atoms with Gasteiger partial charge >= 0.3 is 6.61 Å². The molecule has 17 heavy (non-hydrogen) atoms. The number of aromatic nitrogens is 1. The van der Waals surface area contributed by atoms with Crippen LogP contribution in [0.5, 0.6) is 5.75 Å². The number of nitrogens with zero attached hydrogens (tertiary/aromatic N) is 1. The fourth-order valence-electron chi connectivity index (χ4n) is 1.38. The molecule has 5 heteroatoms. The van der Waals surface area contributed by atoms with Gasteiger partial charge in [-0.1, -0.05) is 12.1 Å². The first-order chi connectivity index (χ1) is 8.15. The van der Waals surface area contributed by atoms with Gasteiger partial charge in [0.05, 0.1) is 0 Å². The molecule has 0 radical (unpaired) electrons. The molecule has 1 aromatic heterocycles. The maximum atomic E-state index is 12.6. The predicted molar refractivity (Wildman–Crippen MR) is 56.3 cm³/mol. The Morgan fingerprint density at radius 1 is 0.941 bits per heavy atom. The molecular weight excluding hydrogens is 231 g/mol. The van der Waals surface area contributed by atoms with Crippen molar-refractivity contribution in [3.05, 3.63) is 48.5 Å². The maximum Gasteiger partial charge on any atom is 0.387 e. The van der Waals surface area contributed by atoms with Crippen LogP contribution < -0.4 is 4.74 Å². The van der Waals surface area contributed by atoms with Crippen molar-refractivity contribution in [3.8, 4) is 16.9 Å². The predicted octanol–water partition coefficient (Wildman–Crippen LogP) is 3.49. The minimum Gasteiger partial charge on any atom is -0.435 e. The fourth-order valence-corrected chi connectivity index (χ4v) is 1.38. The SMILES string of the molecule is Fc1ccc(-c2ccc(OC(F)F)cc2)cn1. The Hall–Kier alpha value is -2.04. The van der Waals surface area contributed by atoms with Gasteiger partial charge in [-0.05, 0) is 29.8 Å². The van der Waals surface area contributed by atoms with Gasteiger partial charge in [0.15, 0.2) is 0 Å². The summed E-state index contributed by atoms with van der Waals surface area (Å²) >= 11 is 0. The van der Waals surface area contributed by atoms with Gasteiger partial charge in [0, 0.05) is 11.8 Å². The van der Waals surface area contributed by atoms with E-state index in [0.717, 1.165) is 5.56 Å². The molecule has 0 aliphatic carbocycles. The molecule has 0 saturated heterocycles. The van der Waals surface area contributed by atoms with E-state index < -0.39 is 12.6 Å². The number of ether oxygens (including phenoxy) is 1. The van der Waals surface area contributed by atoms with E-state index in [1.807, 2.05) is 0 Å². The van der Waals surface area contributed by atoms with Crippen LogP contribution in [0.2, 0.25) is 0 Å². The summed E-state index contributed by atoms with van der Waals surface area (Å²) in [5, 5.41) is 0. The Morgan fingerprint density at radius 3 is 2.12 bits per heavy atom. The van der Waals surface area contributed by atoms with Gasteiger partial charge in [-0.15, -0.1) is 0 Å². The summed E-state index contributed by atoms with van der Waals surface area (Å²) in [6.07, 6.45) is 1.37. The second-order valence-corrected chi connectivity index (χ2v) is 3.27. The average molecular weight is 239 g/mol. The zero-order valence-corrected chi connectivity index (χ0v) is 8.61. The van der Waals surface area contributed by atoms with Gasteiger partial charge in [-0.2, -0.15) is 13.2 Å². The van der Waals surface area contributed by atoms with Crippen LogP contribution >= 0.6 is 0 Å². The first kappa shape index (κ1) is 11.4. The minimum atomic E-state index is -2.84. The van der Waals surface area contributed by atoms with Gasteiger partial charge in [0.2, 0.25) is 5.95 Å². The number of pyridine rings is 1. The number of hydrogen-bond donors (Lipinski definition) is 0. The molecule has 0 atom stereocenters. The van der Waals surface area contributed by atoms with E-state index in [1.165, 1.54) is 24.4 Å². The molecule has 0 fully saturated rings. The second kappa shape index (κ2) is 4.86. The van der Waals surface area contributed by atoms with Crippen LogP contribution in [0, 0.1) is 5.95 Å². The van der Waals surface area contributed by atoms with Crippen LogP contribution in [0.3, 0.4) is 0 Å². The summed E-state index contributed by atoms with van der Waals surface area (Å²) in [4.78, 5) is 3.51. The Bertz CT molecular complexity index is 482. The summed E-state index contributed by atoms with van der Waals surface area (Å²) < 4.78 is 40.6. The number of hydrogen-bond acceptors (Lipinski definition) is 2. The van der Waals surface area contributed by atoms with E-state index in [1.54, 1.807) is 18.2 Å². The third kappa shape index (κ3) is 2.96. The summed E-state index contributed by atoms with van der Waals surface area (Å²) in [6, 6.07) is 8.85. The van der Waals surface area contributed by atoms with Gasteiger partial charge in [0.1, 0.15) is 5.75 Å². The highest BCUT2D eigenvalue weighted by atomic mass is 19.3. The van der Waals surface area contributed by atoms with Crippen LogP contribution in [0.25, 0.3) is 11.1 Å². The number of rotatable bonds is 3. The highest BCUT2D eigenvalue weighted by molar-refractivity contribution is 5.62. The van der Waals surface area contributed by atoms with Gasteiger partial charge in [-0.25, -0.2) is 4.98 Å². The van der Waals surface area contributed by atoms with Gasteiger partial charge < -0.3 is 4.74 Å². The summed E-state index contributed by atoms with van der Waals surface area (Å²) in [6.45, 7) is -2.84. The molecule has 0 N–H and O–H groups in total. The maximum absolute atomic E-state index is 12.6. The average Bonchev–Trinajstić information content (AvgIpc) is 2.30. The zero-order chi connectivity index (χ0) is 12.3. The first-order valence-electron chi connectivity index (χ1n) is 4.82. The van der Waals surface area contributed by atoms with Crippen LogP contribution in [0.15, 0.2) is 42.6 Å². The molecule has 0 spiro atoms. The minimum absolute atomic E-state index is 0.0822. The third-order valence-corrected chi connectivity index (χ3v) is 2.14. The Balaban J connectivity index is 2.20. The normalized spacial score (nSPS) is 10.6. The molecule has 1 heterocycles. The lowest BCUT2D eigenvalue weighted by Gasteiger charge is -2.05. The van der Waals surface area contributed by atoms with E-state index in [2.05, 4.69) is 9.72 Å². The molecule has 0 unspecified atom stereocenters. The molecule has 0 aliphatic rings. The van der Waals surface area contributed by atoms with Crippen LogP contribution in [0.1, 0.15) is 0 Å². The van der Waals surface area contributed by atoms with Crippen molar-refractivity contribution in [2.45, 2.75) is 6.61 Å². The smallest absolute Gasteiger partial charge is 0.387 e. The lowest BCUT2D eigenvalue weighted by Crippen LogP contribution is -2.01. The van der Waals surface area contributed by atoms with Crippen molar-refractivity contribution in [1.29, 1.82) is 0 Å². The van der Waals surface area contributed by atoms with E-state index >= 15 is 0 Å². The molecule has 2 aromatic rings. The van der Waals surface area contributed by atoms with E-state index in [4.69, 9.17) is 0 Å². The van der Waals surface area contributed by atoms with E-state index in [9.17, 15) is 13.2 Å². The molecule has 2 rings (SSSR count). The van der Waals surface area contributed by atoms with E-state index in [0.29, 0.717) is 5.56 Å². The van der Waals surface area contributed by atoms with Crippen LogP contribution in [0.4, 0.5) is 13.2 Å². The van der Waals surface area contributed by atoms with Crippen molar-refractivity contribution >= 4 is 0 Å². The van der Waals surface area contributed by atoms with Crippen molar-refractivity contribution in [2.24, 2.45) is 0 Å². The molecular formula is C12H8F3NO. The quantitative estimate of drug-likeness (QED) is 0.765. The zero-order valence-electron chi connectivity index (χ0n) is 8.61. The van der Waals surface area contributed by atoms with Gasteiger partial charge in [0.25, 0.3) is 0 Å². The highest BCUT2D eigenvalue weighted by Crippen LogP contribution is 2.22. The standard InChI is InChI=1S/C12H8F3NO/c13-11-6-3-9(7-16-11)8-1-4-10(5-2-8)17-12(14)15/h1-7,12H. The summed E-state index contributed by atoms with van der Waals surface area (Å²) in [5.41, 5.74) is 1.45. The number of benzene rings is 1. The number of alkyl halides is 2. The Labute approximate surface area is 95.7 Å². The van der Waals surface area contributed by atoms with E-state index in [-0.39, 0.29) is 5.75 Å². The van der Waals surface area contributed by atoms with Crippen LogP contribution in [-0.2, 0) is 0 Å². The number of halogens is 3. The lowest BCUT2D eigenvalue weighted by molar-refractivity contribution is -0.0498. The van der Waals surface area contributed by atoms with Crippen molar-refractivity contribution in [3.63, 3.8) is 0 Å².